The van der Waals surface area contributed by atoms with E-state index in [2.05, 4.69) is 5.32 Å². The molecule has 1 aliphatic carbocycles. The average molecular weight is 340 g/mol. The third-order valence-electron chi connectivity index (χ3n) is 4.99. The van der Waals surface area contributed by atoms with Crippen molar-refractivity contribution >= 4 is 17.6 Å². The lowest BCUT2D eigenvalue weighted by Crippen LogP contribution is -2.37. The summed E-state index contributed by atoms with van der Waals surface area (Å²) in [6, 6.07) is 0. The number of Topliss-reactive ketones (excluding diaryl/α,β-unsaturated/α-hetero) is 1. The van der Waals surface area contributed by atoms with Crippen molar-refractivity contribution in [2.75, 3.05) is 7.05 Å². The minimum Gasteiger partial charge on any atom is -0.359 e. The van der Waals surface area contributed by atoms with Crippen LogP contribution in [-0.4, -0.2) is 29.9 Å². The molecule has 0 heterocycles. The van der Waals surface area contributed by atoms with Crippen LogP contribution in [0.4, 0.5) is 0 Å². The highest BCUT2D eigenvalue weighted by Crippen LogP contribution is 2.33. The first-order chi connectivity index (χ1) is 11.4. The molecule has 0 bridgehead atoms. The van der Waals surface area contributed by atoms with Crippen LogP contribution >= 0.6 is 0 Å². The summed E-state index contributed by atoms with van der Waals surface area (Å²) in [4.78, 5) is 36.5. The van der Waals surface area contributed by atoms with E-state index in [1.54, 1.807) is 12.5 Å². The lowest BCUT2D eigenvalue weighted by molar-refractivity contribution is -0.136. The second kappa shape index (κ2) is 10.4. The van der Waals surface area contributed by atoms with Crippen molar-refractivity contribution in [2.45, 2.75) is 65.2 Å². The number of hydrogen-bond donors (Lipinski definition) is 3. The first-order valence-corrected chi connectivity index (χ1v) is 9.06. The molecule has 0 spiro atoms. The van der Waals surface area contributed by atoms with Crippen LogP contribution in [0.25, 0.3) is 0 Å². The number of amides is 2. The first-order valence-electron chi connectivity index (χ1n) is 9.06. The van der Waals surface area contributed by atoms with E-state index in [1.807, 2.05) is 13.8 Å². The molecule has 0 aromatic rings. The molecule has 1 rings (SSSR count). The lowest BCUT2D eigenvalue weighted by atomic mass is 9.75. The van der Waals surface area contributed by atoms with Gasteiger partial charge in [0.05, 0.1) is 0 Å². The summed E-state index contributed by atoms with van der Waals surface area (Å²) in [6.07, 6.45) is 6.10. The molecule has 1 aliphatic rings. The Labute approximate surface area is 144 Å². The molecule has 0 aliphatic heterocycles. The predicted octanol–water partition coefficient (Wildman–Crippen LogP) is 2.45. The zero-order valence-corrected chi connectivity index (χ0v) is 15.1. The zero-order valence-electron chi connectivity index (χ0n) is 15.1. The normalized spacial score (nSPS) is 18.0. The van der Waals surface area contributed by atoms with E-state index in [1.165, 1.54) is 6.42 Å². The van der Waals surface area contributed by atoms with Crippen LogP contribution < -0.4 is 10.8 Å². The van der Waals surface area contributed by atoms with Gasteiger partial charge in [-0.05, 0) is 31.1 Å². The smallest absolute Gasteiger partial charge is 0.244 e. The highest BCUT2D eigenvalue weighted by molar-refractivity contribution is 5.90. The molecule has 2 amide bonds. The van der Waals surface area contributed by atoms with Gasteiger partial charge in [0.2, 0.25) is 11.8 Å². The second-order valence-corrected chi connectivity index (χ2v) is 7.35. The largest absolute Gasteiger partial charge is 0.359 e. The molecule has 6 nitrogen and oxygen atoms in total. The summed E-state index contributed by atoms with van der Waals surface area (Å²) in [5.41, 5.74) is 1.60. The van der Waals surface area contributed by atoms with E-state index >= 15 is 0 Å². The maximum Gasteiger partial charge on any atom is 0.244 e. The number of rotatable bonds is 9. The number of ketones is 1. The fourth-order valence-corrected chi connectivity index (χ4v) is 3.75. The highest BCUT2D eigenvalue weighted by atomic mass is 16.5. The lowest BCUT2D eigenvalue weighted by Gasteiger charge is -2.29. The van der Waals surface area contributed by atoms with Gasteiger partial charge in [-0.1, -0.05) is 33.1 Å². The van der Waals surface area contributed by atoms with Crippen molar-refractivity contribution in [3.8, 4) is 0 Å². The van der Waals surface area contributed by atoms with E-state index in [0.29, 0.717) is 6.42 Å². The molecule has 1 fully saturated rings. The predicted molar refractivity (Wildman–Crippen MR) is 91.2 cm³/mol. The van der Waals surface area contributed by atoms with Gasteiger partial charge in [-0.3, -0.25) is 19.6 Å². The van der Waals surface area contributed by atoms with Gasteiger partial charge in [-0.25, -0.2) is 5.48 Å². The second-order valence-electron chi connectivity index (χ2n) is 7.35. The molecule has 3 N–H and O–H groups in total. The summed E-state index contributed by atoms with van der Waals surface area (Å²) < 4.78 is 0. The molecule has 0 aromatic heterocycles. The number of carbonyl (C=O) groups excluding carboxylic acids is 3. The van der Waals surface area contributed by atoms with E-state index < -0.39 is 11.8 Å². The van der Waals surface area contributed by atoms with E-state index in [4.69, 9.17) is 5.21 Å². The molecule has 0 radical (unpaired) electrons. The Kier molecular flexibility index (Phi) is 8.97. The molecular weight excluding hydrogens is 308 g/mol. The van der Waals surface area contributed by atoms with Crippen LogP contribution in [0.5, 0.6) is 0 Å². The standard InChI is InChI=1S/C18H32N2O4/c1-12(2)9-14(10-17(22)20-24)16(21)11-15(18(23)19-3)13-7-5-4-6-8-13/h12-15,24H,4-11H2,1-3H3,(H,19,23)(H,20,22)/t14-,15+/m1/s1. The van der Waals surface area contributed by atoms with E-state index in [0.717, 1.165) is 25.7 Å². The molecule has 0 saturated heterocycles. The Morgan fingerprint density at radius 1 is 1.08 bits per heavy atom. The highest BCUT2D eigenvalue weighted by Gasteiger charge is 2.33. The molecule has 1 saturated carbocycles. The van der Waals surface area contributed by atoms with Crippen molar-refractivity contribution in [1.82, 2.24) is 10.8 Å². The van der Waals surface area contributed by atoms with Gasteiger partial charge in [-0.2, -0.15) is 0 Å². The van der Waals surface area contributed by atoms with Gasteiger partial charge in [0, 0.05) is 31.7 Å². The third kappa shape index (κ3) is 6.59. The van der Waals surface area contributed by atoms with Crippen LogP contribution in [0, 0.1) is 23.7 Å². The summed E-state index contributed by atoms with van der Waals surface area (Å²) in [7, 11) is 1.60. The van der Waals surface area contributed by atoms with Crippen LogP contribution in [0.1, 0.15) is 65.2 Å². The summed E-state index contributed by atoms with van der Waals surface area (Å²) >= 11 is 0. The van der Waals surface area contributed by atoms with Gasteiger partial charge >= 0.3 is 0 Å². The number of hydrogen-bond acceptors (Lipinski definition) is 4. The Balaban J connectivity index is 2.81. The Bertz CT molecular complexity index is 431. The van der Waals surface area contributed by atoms with E-state index in [-0.39, 0.29) is 42.3 Å². The fraction of sp³-hybridized carbons (Fsp3) is 0.833. The van der Waals surface area contributed by atoms with Crippen molar-refractivity contribution in [2.24, 2.45) is 23.7 Å². The average Bonchev–Trinajstić information content (AvgIpc) is 2.58. The minimum absolute atomic E-state index is 0.0291. The molecular formula is C18H32N2O4. The third-order valence-corrected chi connectivity index (χ3v) is 4.99. The number of hydroxylamine groups is 1. The van der Waals surface area contributed by atoms with Crippen LogP contribution in [-0.2, 0) is 14.4 Å². The zero-order chi connectivity index (χ0) is 18.1. The van der Waals surface area contributed by atoms with Crippen LogP contribution in [0.3, 0.4) is 0 Å². The molecule has 0 unspecified atom stereocenters. The SMILES string of the molecule is CNC(=O)[C@@H](CC(=O)[C@@H](CC(=O)NO)CC(C)C)C1CCCCC1. The Morgan fingerprint density at radius 3 is 2.21 bits per heavy atom. The Morgan fingerprint density at radius 2 is 1.71 bits per heavy atom. The van der Waals surface area contributed by atoms with Crippen molar-refractivity contribution in [1.29, 1.82) is 0 Å². The van der Waals surface area contributed by atoms with Crippen molar-refractivity contribution in [3.05, 3.63) is 0 Å². The van der Waals surface area contributed by atoms with Crippen LogP contribution in [0.15, 0.2) is 0 Å². The Hall–Kier alpha value is -1.43. The van der Waals surface area contributed by atoms with Crippen LogP contribution in [0.2, 0.25) is 0 Å². The maximum absolute atomic E-state index is 12.8. The molecule has 0 aromatic carbocycles. The van der Waals surface area contributed by atoms with Gasteiger partial charge in [0.25, 0.3) is 0 Å². The van der Waals surface area contributed by atoms with Crippen molar-refractivity contribution in [3.63, 3.8) is 0 Å². The quantitative estimate of drug-likeness (QED) is 0.444. The van der Waals surface area contributed by atoms with Gasteiger partial charge < -0.3 is 5.32 Å². The van der Waals surface area contributed by atoms with E-state index in [9.17, 15) is 14.4 Å². The molecule has 2 atom stereocenters. The number of nitrogens with one attached hydrogen (secondary N) is 2. The molecule has 24 heavy (non-hydrogen) atoms. The monoisotopic (exact) mass is 340 g/mol. The van der Waals surface area contributed by atoms with Gasteiger partial charge in [0.1, 0.15) is 5.78 Å². The summed E-state index contributed by atoms with van der Waals surface area (Å²) in [5, 5.41) is 11.4. The maximum atomic E-state index is 12.8. The topological polar surface area (TPSA) is 95.5 Å². The fourth-order valence-electron chi connectivity index (χ4n) is 3.75. The minimum atomic E-state index is -0.553. The summed E-state index contributed by atoms with van der Waals surface area (Å²) in [6.45, 7) is 3.99. The van der Waals surface area contributed by atoms with Crippen molar-refractivity contribution < 1.29 is 19.6 Å². The number of carbonyl (C=O) groups is 3. The summed E-state index contributed by atoms with van der Waals surface area (Å²) in [5.74, 6) is -0.935. The molecule has 138 valence electrons. The first kappa shape index (κ1) is 20.6. The molecule has 6 heteroatoms. The van der Waals surface area contributed by atoms with Gasteiger partial charge in [-0.15, -0.1) is 0 Å². The van der Waals surface area contributed by atoms with Gasteiger partial charge in [0.15, 0.2) is 0 Å².